The van der Waals surface area contributed by atoms with Crippen molar-refractivity contribution >= 4 is 50.3 Å². The van der Waals surface area contributed by atoms with E-state index >= 15 is 0 Å². The second-order valence-electron chi connectivity index (χ2n) is 11.6. The predicted octanol–water partition coefficient (Wildman–Crippen LogP) is 12.0. The summed E-state index contributed by atoms with van der Waals surface area (Å²) in [5.41, 5.74) is 11.7. The molecular formula is C44H33N. The lowest BCUT2D eigenvalue weighted by molar-refractivity contribution is 0.975. The van der Waals surface area contributed by atoms with Crippen molar-refractivity contribution in [1.82, 2.24) is 4.57 Å². The van der Waals surface area contributed by atoms with Crippen molar-refractivity contribution in [1.29, 1.82) is 0 Å². The maximum absolute atomic E-state index is 3.75. The molecule has 0 amide bonds. The van der Waals surface area contributed by atoms with Crippen LogP contribution < -0.4 is 0 Å². The molecule has 0 fully saturated rings. The first-order valence-corrected chi connectivity index (χ1v) is 15.7. The molecule has 8 rings (SSSR count). The van der Waals surface area contributed by atoms with Gasteiger partial charge >= 0.3 is 0 Å². The van der Waals surface area contributed by atoms with Crippen LogP contribution in [0.5, 0.6) is 0 Å². The number of hydrogen-bond acceptors (Lipinski definition) is 0. The normalized spacial score (nSPS) is 14.3. The van der Waals surface area contributed by atoms with Gasteiger partial charge in [-0.05, 0) is 92.1 Å². The zero-order valence-electron chi connectivity index (χ0n) is 25.2. The smallest absolute Gasteiger partial charge is 0.0537 e. The number of rotatable bonds is 7. The fourth-order valence-electron chi connectivity index (χ4n) is 7.21. The molecular weight excluding hydrogens is 542 g/mol. The number of nitrogens with zero attached hydrogens (tertiary/aromatic N) is 1. The maximum Gasteiger partial charge on any atom is 0.0537 e. The van der Waals surface area contributed by atoms with E-state index in [4.69, 9.17) is 0 Å². The number of aromatic nitrogens is 1. The molecule has 2 aliphatic rings. The van der Waals surface area contributed by atoms with Gasteiger partial charge in [-0.3, -0.25) is 0 Å². The number of aryl methyl sites for hydroxylation is 1. The first kappa shape index (κ1) is 26.9. The monoisotopic (exact) mass is 575 g/mol. The lowest BCUT2D eigenvalue weighted by atomic mass is 9.91. The largest absolute Gasteiger partial charge is 0.310 e. The maximum atomic E-state index is 3.75. The van der Waals surface area contributed by atoms with Crippen LogP contribution in [-0.2, 0) is 6.42 Å². The Morgan fingerprint density at radius 3 is 2.20 bits per heavy atom. The molecule has 45 heavy (non-hydrogen) atoms. The first-order valence-electron chi connectivity index (χ1n) is 15.7. The minimum Gasteiger partial charge on any atom is -0.310 e. The molecule has 0 saturated heterocycles. The van der Waals surface area contributed by atoms with Gasteiger partial charge in [-0.2, -0.15) is 0 Å². The van der Waals surface area contributed by atoms with E-state index in [9.17, 15) is 0 Å². The van der Waals surface area contributed by atoms with Crippen molar-refractivity contribution in [2.24, 2.45) is 0 Å². The van der Waals surface area contributed by atoms with Crippen LogP contribution in [0.1, 0.15) is 23.2 Å². The molecule has 0 unspecified atom stereocenters. The van der Waals surface area contributed by atoms with Gasteiger partial charge in [0.15, 0.2) is 0 Å². The fourth-order valence-corrected chi connectivity index (χ4v) is 7.21. The Labute approximate surface area is 264 Å². The Morgan fingerprint density at radius 2 is 1.33 bits per heavy atom. The Balaban J connectivity index is 1.35. The molecule has 6 aromatic rings. The van der Waals surface area contributed by atoms with Crippen molar-refractivity contribution in [2.75, 3.05) is 0 Å². The summed E-state index contributed by atoms with van der Waals surface area (Å²) >= 11 is 0. The number of fused-ring (bicyclic) bond motifs is 8. The van der Waals surface area contributed by atoms with E-state index in [0.717, 1.165) is 18.5 Å². The molecule has 0 spiro atoms. The van der Waals surface area contributed by atoms with E-state index in [1.165, 1.54) is 71.5 Å². The van der Waals surface area contributed by atoms with E-state index in [1.807, 2.05) is 18.2 Å². The Bertz CT molecular complexity index is 2330. The highest BCUT2D eigenvalue weighted by atomic mass is 15.0. The van der Waals surface area contributed by atoms with Gasteiger partial charge in [-0.15, -0.1) is 0 Å². The van der Waals surface area contributed by atoms with Gasteiger partial charge in [-0.1, -0.05) is 146 Å². The summed E-state index contributed by atoms with van der Waals surface area (Å²) in [5, 5.41) is 6.56. The average molecular weight is 576 g/mol. The van der Waals surface area contributed by atoms with Crippen LogP contribution in [0.2, 0.25) is 0 Å². The second kappa shape index (κ2) is 11.4. The van der Waals surface area contributed by atoms with E-state index in [0.29, 0.717) is 0 Å². The first-order chi connectivity index (χ1) is 22.3. The van der Waals surface area contributed by atoms with Crippen LogP contribution >= 0.6 is 0 Å². The van der Waals surface area contributed by atoms with E-state index in [1.54, 1.807) is 6.08 Å². The fraction of sp³-hybridized carbons (Fsp3) is 0.0455. The summed E-state index contributed by atoms with van der Waals surface area (Å²) in [7, 11) is 0. The molecule has 214 valence electrons. The van der Waals surface area contributed by atoms with Crippen LogP contribution in [0.25, 0.3) is 72.6 Å². The topological polar surface area (TPSA) is 4.93 Å². The number of allylic oxidation sites excluding steroid dienone is 11. The molecule has 0 saturated carbocycles. The molecule has 0 N–H and O–H groups in total. The molecule has 0 aliphatic heterocycles. The van der Waals surface area contributed by atoms with Gasteiger partial charge in [0.25, 0.3) is 0 Å². The van der Waals surface area contributed by atoms with Crippen molar-refractivity contribution in [3.63, 3.8) is 0 Å². The van der Waals surface area contributed by atoms with Gasteiger partial charge in [0.1, 0.15) is 0 Å². The second-order valence-corrected chi connectivity index (χ2v) is 11.6. The summed E-state index contributed by atoms with van der Waals surface area (Å²) in [4.78, 5) is 0. The van der Waals surface area contributed by atoms with Crippen molar-refractivity contribution in [3.8, 4) is 22.3 Å². The quantitative estimate of drug-likeness (QED) is 0.132. The molecule has 1 heterocycles. The summed E-state index contributed by atoms with van der Waals surface area (Å²) in [6, 6.07) is 33.3. The Kier molecular flexibility index (Phi) is 6.85. The minimum atomic E-state index is 1.06. The van der Waals surface area contributed by atoms with Crippen molar-refractivity contribution in [2.45, 2.75) is 12.8 Å². The Hall–Kier alpha value is -5.66. The number of para-hydroxylation sites is 1. The molecule has 5 aromatic carbocycles. The van der Waals surface area contributed by atoms with E-state index in [-0.39, 0.29) is 0 Å². The number of hydrogen-bond donors (Lipinski definition) is 0. The van der Waals surface area contributed by atoms with Gasteiger partial charge in [0.05, 0.1) is 5.52 Å². The standard InChI is InChI=1S/C44H33N/c1-2-3-4-5-6-7-8-18-31(45-41-27-15-13-21-35(41)36-22-14-16-28-42(36)45)29-30-34-32-19-9-11-23-37(32)43-38-24-12-10-20-33(38)39-25-17-26-40(34)44(39)43/h2-13,15-21,23-30H,1,14,22H2/b4-3-,6-5-,8-7+,30-29-,31-18+. The molecule has 1 nitrogen and oxygen atoms in total. The summed E-state index contributed by atoms with van der Waals surface area (Å²) in [5.74, 6) is 0. The average Bonchev–Trinajstić information content (AvgIpc) is 3.61. The molecule has 0 atom stereocenters. The highest BCUT2D eigenvalue weighted by molar-refractivity contribution is 6.26. The molecule has 1 heteroatoms. The lowest BCUT2D eigenvalue weighted by Gasteiger charge is -2.15. The highest BCUT2D eigenvalue weighted by Crippen LogP contribution is 2.51. The van der Waals surface area contributed by atoms with E-state index in [2.05, 4.69) is 151 Å². The van der Waals surface area contributed by atoms with Gasteiger partial charge in [0, 0.05) is 16.8 Å². The van der Waals surface area contributed by atoms with Gasteiger partial charge < -0.3 is 4.57 Å². The van der Waals surface area contributed by atoms with Crippen LogP contribution in [0.4, 0.5) is 0 Å². The SMILES string of the molecule is C=C\C=C/C=C\C=C\C=C(/C=C\c1c2ccccc2c2c3c(cccc13)-c1ccccc1-2)n1c2c(c3ccccc31)CCC=C2. The number of benzene rings is 5. The van der Waals surface area contributed by atoms with Gasteiger partial charge in [0.2, 0.25) is 0 Å². The molecule has 0 radical (unpaired) electrons. The lowest BCUT2D eigenvalue weighted by Crippen LogP contribution is -2.01. The van der Waals surface area contributed by atoms with Crippen LogP contribution in [0, 0.1) is 0 Å². The minimum absolute atomic E-state index is 1.06. The van der Waals surface area contributed by atoms with Gasteiger partial charge in [-0.25, -0.2) is 0 Å². The third-order valence-electron chi connectivity index (χ3n) is 9.07. The van der Waals surface area contributed by atoms with Crippen LogP contribution in [-0.4, -0.2) is 4.57 Å². The third kappa shape index (κ3) is 4.48. The highest BCUT2D eigenvalue weighted by Gasteiger charge is 2.25. The summed E-state index contributed by atoms with van der Waals surface area (Å²) < 4.78 is 2.43. The molecule has 1 aromatic heterocycles. The Morgan fingerprint density at radius 1 is 0.644 bits per heavy atom. The molecule has 0 bridgehead atoms. The van der Waals surface area contributed by atoms with Crippen LogP contribution in [0.3, 0.4) is 0 Å². The third-order valence-corrected chi connectivity index (χ3v) is 9.07. The molecule has 2 aliphatic carbocycles. The van der Waals surface area contributed by atoms with Crippen molar-refractivity contribution < 1.29 is 0 Å². The zero-order chi connectivity index (χ0) is 30.2. The summed E-state index contributed by atoms with van der Waals surface area (Å²) in [6.45, 7) is 3.75. The summed E-state index contributed by atoms with van der Waals surface area (Å²) in [6.07, 6.45) is 27.6. The predicted molar refractivity (Wildman–Crippen MR) is 196 cm³/mol. The van der Waals surface area contributed by atoms with E-state index < -0.39 is 0 Å². The zero-order valence-corrected chi connectivity index (χ0v) is 25.2. The van der Waals surface area contributed by atoms with Crippen LogP contribution in [0.15, 0.2) is 158 Å². The van der Waals surface area contributed by atoms with Crippen molar-refractivity contribution in [3.05, 3.63) is 175 Å².